The molecule has 0 fully saturated rings. The number of carboxylic acids is 1. The van der Waals surface area contributed by atoms with Crippen LogP contribution in [-0.2, 0) is 18.4 Å². The molecule has 0 aliphatic heterocycles. The lowest BCUT2D eigenvalue weighted by Crippen LogP contribution is -1.99. The zero-order valence-corrected chi connectivity index (χ0v) is 11.4. The van der Waals surface area contributed by atoms with Crippen LogP contribution in [-0.4, -0.2) is 20.9 Å². The largest absolute Gasteiger partial charge is 0.487 e. The zero-order chi connectivity index (χ0) is 14.5. The van der Waals surface area contributed by atoms with Crippen molar-refractivity contribution >= 4 is 12.0 Å². The third-order valence-electron chi connectivity index (χ3n) is 2.72. The number of ether oxygens (including phenoxy) is 1. The molecule has 5 heteroatoms. The van der Waals surface area contributed by atoms with E-state index in [1.807, 2.05) is 44.4 Å². The molecule has 2 aromatic rings. The lowest BCUT2D eigenvalue weighted by molar-refractivity contribution is -0.131. The Morgan fingerprint density at radius 3 is 2.90 bits per heavy atom. The van der Waals surface area contributed by atoms with Crippen molar-refractivity contribution in [1.29, 1.82) is 0 Å². The van der Waals surface area contributed by atoms with Crippen molar-refractivity contribution in [3.05, 3.63) is 53.4 Å². The van der Waals surface area contributed by atoms with Gasteiger partial charge in [0.05, 0.1) is 5.69 Å². The number of rotatable bonds is 5. The fraction of sp³-hybridized carbons (Fsp3) is 0.200. The minimum absolute atomic E-state index is 0.345. The highest BCUT2D eigenvalue weighted by molar-refractivity contribution is 5.85. The Kier molecular flexibility index (Phi) is 4.20. The van der Waals surface area contributed by atoms with E-state index in [1.165, 1.54) is 6.08 Å². The lowest BCUT2D eigenvalue weighted by atomic mass is 10.1. The van der Waals surface area contributed by atoms with Gasteiger partial charge in [0.2, 0.25) is 0 Å². The van der Waals surface area contributed by atoms with Gasteiger partial charge in [-0.1, -0.05) is 11.6 Å². The van der Waals surface area contributed by atoms with Gasteiger partial charge < -0.3 is 9.84 Å². The molecule has 1 aromatic heterocycles. The Balaban J connectivity index is 2.15. The van der Waals surface area contributed by atoms with Crippen LogP contribution in [0.1, 0.15) is 16.8 Å². The van der Waals surface area contributed by atoms with Crippen molar-refractivity contribution in [3.63, 3.8) is 0 Å². The molecule has 0 radical (unpaired) electrons. The van der Waals surface area contributed by atoms with Gasteiger partial charge in [-0.2, -0.15) is 5.10 Å². The zero-order valence-electron chi connectivity index (χ0n) is 11.4. The van der Waals surface area contributed by atoms with Gasteiger partial charge in [-0.15, -0.1) is 0 Å². The van der Waals surface area contributed by atoms with E-state index >= 15 is 0 Å². The number of aromatic nitrogens is 2. The lowest BCUT2D eigenvalue weighted by Gasteiger charge is -2.08. The summed E-state index contributed by atoms with van der Waals surface area (Å²) in [6, 6.07) is 7.51. The van der Waals surface area contributed by atoms with Crippen LogP contribution in [0.15, 0.2) is 36.5 Å². The van der Waals surface area contributed by atoms with Gasteiger partial charge in [0, 0.05) is 24.9 Å². The fourth-order valence-electron chi connectivity index (χ4n) is 1.78. The van der Waals surface area contributed by atoms with Gasteiger partial charge >= 0.3 is 5.97 Å². The van der Waals surface area contributed by atoms with Crippen molar-refractivity contribution in [3.8, 4) is 5.75 Å². The SMILES string of the molecule is Cc1ccc(OCc2ccn(C)n2)c(/C=C/C(=O)O)c1. The van der Waals surface area contributed by atoms with Crippen LogP contribution in [0.4, 0.5) is 0 Å². The standard InChI is InChI=1S/C15H16N2O3/c1-11-3-5-14(12(9-11)4-6-15(18)19)20-10-13-7-8-17(2)16-13/h3-9H,10H2,1-2H3,(H,18,19)/b6-4+. The summed E-state index contributed by atoms with van der Waals surface area (Å²) in [6.45, 7) is 2.29. The van der Waals surface area contributed by atoms with Crippen LogP contribution >= 0.6 is 0 Å². The predicted octanol–water partition coefficient (Wildman–Crippen LogP) is 2.41. The second-order valence-electron chi connectivity index (χ2n) is 4.48. The Labute approximate surface area is 117 Å². The van der Waals surface area contributed by atoms with Crippen molar-refractivity contribution in [2.45, 2.75) is 13.5 Å². The summed E-state index contributed by atoms with van der Waals surface area (Å²) in [5, 5.41) is 12.9. The van der Waals surface area contributed by atoms with Gasteiger partial charge in [0.1, 0.15) is 12.4 Å². The summed E-state index contributed by atoms with van der Waals surface area (Å²) < 4.78 is 7.41. The Morgan fingerprint density at radius 2 is 2.25 bits per heavy atom. The summed E-state index contributed by atoms with van der Waals surface area (Å²) in [7, 11) is 1.84. The van der Waals surface area contributed by atoms with Crippen molar-refractivity contribution in [2.24, 2.45) is 7.05 Å². The van der Waals surface area contributed by atoms with E-state index < -0.39 is 5.97 Å². The Hall–Kier alpha value is -2.56. The second kappa shape index (κ2) is 6.06. The highest BCUT2D eigenvalue weighted by Crippen LogP contribution is 2.22. The average Bonchev–Trinajstić information content (AvgIpc) is 2.81. The Bertz CT molecular complexity index is 644. The molecular weight excluding hydrogens is 256 g/mol. The molecule has 1 aromatic carbocycles. The summed E-state index contributed by atoms with van der Waals surface area (Å²) in [5.74, 6) is -0.346. The summed E-state index contributed by atoms with van der Waals surface area (Å²) in [6.07, 6.45) is 4.48. The number of aryl methyl sites for hydroxylation is 2. The fourth-order valence-corrected chi connectivity index (χ4v) is 1.78. The van der Waals surface area contributed by atoms with Crippen LogP contribution in [0.3, 0.4) is 0 Å². The van der Waals surface area contributed by atoms with E-state index in [-0.39, 0.29) is 0 Å². The first-order valence-corrected chi connectivity index (χ1v) is 6.17. The topological polar surface area (TPSA) is 64.4 Å². The third-order valence-corrected chi connectivity index (χ3v) is 2.72. The normalized spacial score (nSPS) is 10.9. The van der Waals surface area contributed by atoms with Crippen molar-refractivity contribution in [1.82, 2.24) is 9.78 Å². The molecule has 0 saturated heterocycles. The van der Waals surface area contributed by atoms with E-state index in [0.29, 0.717) is 12.4 Å². The van der Waals surface area contributed by atoms with Crippen LogP contribution < -0.4 is 4.74 Å². The first-order chi connectivity index (χ1) is 9.54. The van der Waals surface area contributed by atoms with Crippen LogP contribution in [0.5, 0.6) is 5.75 Å². The average molecular weight is 272 g/mol. The van der Waals surface area contributed by atoms with Gasteiger partial charge in [-0.25, -0.2) is 4.79 Å². The maximum atomic E-state index is 10.6. The molecule has 0 aliphatic rings. The molecule has 0 unspecified atom stereocenters. The number of carboxylic acid groups (broad SMARTS) is 1. The maximum absolute atomic E-state index is 10.6. The minimum Gasteiger partial charge on any atom is -0.487 e. The van der Waals surface area contributed by atoms with Crippen molar-refractivity contribution < 1.29 is 14.6 Å². The molecule has 2 rings (SSSR count). The van der Waals surface area contributed by atoms with Crippen LogP contribution in [0.2, 0.25) is 0 Å². The number of carbonyl (C=O) groups is 1. The van der Waals surface area contributed by atoms with Gasteiger partial charge in [-0.3, -0.25) is 4.68 Å². The smallest absolute Gasteiger partial charge is 0.328 e. The maximum Gasteiger partial charge on any atom is 0.328 e. The number of hydrogen-bond acceptors (Lipinski definition) is 3. The van der Waals surface area contributed by atoms with Crippen LogP contribution in [0.25, 0.3) is 6.08 Å². The molecule has 0 bridgehead atoms. The van der Waals surface area contributed by atoms with Gasteiger partial charge in [0.25, 0.3) is 0 Å². The van der Waals surface area contributed by atoms with E-state index in [0.717, 1.165) is 22.9 Å². The van der Waals surface area contributed by atoms with Gasteiger partial charge in [0.15, 0.2) is 0 Å². The molecule has 0 saturated carbocycles. The Morgan fingerprint density at radius 1 is 1.45 bits per heavy atom. The molecule has 0 spiro atoms. The molecule has 5 nitrogen and oxygen atoms in total. The second-order valence-corrected chi connectivity index (χ2v) is 4.48. The van der Waals surface area contributed by atoms with Gasteiger partial charge in [-0.05, 0) is 31.2 Å². The highest BCUT2D eigenvalue weighted by atomic mass is 16.5. The predicted molar refractivity (Wildman–Crippen MR) is 75.4 cm³/mol. The van der Waals surface area contributed by atoms with Crippen molar-refractivity contribution in [2.75, 3.05) is 0 Å². The molecule has 0 atom stereocenters. The summed E-state index contributed by atoms with van der Waals surface area (Å²) in [4.78, 5) is 10.6. The highest BCUT2D eigenvalue weighted by Gasteiger charge is 2.04. The molecule has 20 heavy (non-hydrogen) atoms. The molecule has 0 aliphatic carbocycles. The number of nitrogens with zero attached hydrogens (tertiary/aromatic N) is 2. The number of benzene rings is 1. The molecule has 104 valence electrons. The number of aliphatic carboxylic acids is 1. The first-order valence-electron chi connectivity index (χ1n) is 6.17. The van der Waals surface area contributed by atoms with E-state index in [4.69, 9.17) is 9.84 Å². The third kappa shape index (κ3) is 3.71. The van der Waals surface area contributed by atoms with Crippen LogP contribution in [0, 0.1) is 6.92 Å². The van der Waals surface area contributed by atoms with E-state index in [2.05, 4.69) is 5.10 Å². The molecule has 1 heterocycles. The number of hydrogen-bond donors (Lipinski definition) is 1. The summed E-state index contributed by atoms with van der Waals surface area (Å²) >= 11 is 0. The molecule has 1 N–H and O–H groups in total. The van der Waals surface area contributed by atoms with E-state index in [1.54, 1.807) is 4.68 Å². The monoisotopic (exact) mass is 272 g/mol. The molecule has 0 amide bonds. The minimum atomic E-state index is -0.984. The molecular formula is C15H16N2O3. The quantitative estimate of drug-likeness (QED) is 0.849. The summed E-state index contributed by atoms with van der Waals surface area (Å²) in [5.41, 5.74) is 2.60. The van der Waals surface area contributed by atoms with E-state index in [9.17, 15) is 4.79 Å². The first kappa shape index (κ1) is 13.9.